The van der Waals surface area contributed by atoms with Crippen LogP contribution in [0, 0.1) is 17.2 Å². The third-order valence-corrected chi connectivity index (χ3v) is 4.01. The Balaban J connectivity index is 2.08. The number of halogens is 4. The molecule has 0 unspecified atom stereocenters. The molecule has 0 aromatic heterocycles. The van der Waals surface area contributed by atoms with Crippen LogP contribution in [0.25, 0.3) is 0 Å². The second-order valence-corrected chi connectivity index (χ2v) is 5.44. The molecule has 19 heavy (non-hydrogen) atoms. The minimum absolute atomic E-state index is 0.121. The number of rotatable bonds is 1. The highest BCUT2D eigenvalue weighted by Crippen LogP contribution is 2.37. The Labute approximate surface area is 117 Å². The Hall–Kier alpha value is -1.22. The lowest BCUT2D eigenvalue weighted by molar-refractivity contribution is -0.179. The molecule has 0 aliphatic carbocycles. The largest absolute Gasteiger partial charge is 0.391 e. The van der Waals surface area contributed by atoms with Gasteiger partial charge in [0, 0.05) is 17.6 Å². The van der Waals surface area contributed by atoms with Crippen LogP contribution in [0.5, 0.6) is 0 Å². The molecular formula is C13H12BrF3N2. The van der Waals surface area contributed by atoms with Crippen molar-refractivity contribution in [2.45, 2.75) is 19.0 Å². The molecule has 1 aromatic rings. The van der Waals surface area contributed by atoms with Gasteiger partial charge in [0.2, 0.25) is 0 Å². The van der Waals surface area contributed by atoms with E-state index in [1.165, 1.54) is 0 Å². The predicted molar refractivity (Wildman–Crippen MR) is 69.8 cm³/mol. The molecule has 0 spiro atoms. The summed E-state index contributed by atoms with van der Waals surface area (Å²) in [6.45, 7) is 0.767. The molecule has 102 valence electrons. The van der Waals surface area contributed by atoms with Crippen LogP contribution in [-0.2, 0) is 0 Å². The van der Waals surface area contributed by atoms with Gasteiger partial charge in [-0.05, 0) is 47.0 Å². The molecule has 0 radical (unpaired) electrons. The van der Waals surface area contributed by atoms with Gasteiger partial charge in [-0.25, -0.2) is 0 Å². The predicted octanol–water partition coefficient (Wildman–Crippen LogP) is 4.10. The Kier molecular flexibility index (Phi) is 4.04. The number of nitrogens with zero attached hydrogens (tertiary/aromatic N) is 2. The normalized spacial score (nSPS) is 17.3. The van der Waals surface area contributed by atoms with Gasteiger partial charge in [-0.2, -0.15) is 18.4 Å². The smallest absolute Gasteiger partial charge is 0.371 e. The number of nitriles is 1. The highest BCUT2D eigenvalue weighted by Gasteiger charge is 2.41. The Bertz CT molecular complexity index is 500. The lowest BCUT2D eigenvalue weighted by atomic mass is 9.96. The van der Waals surface area contributed by atoms with E-state index in [1.807, 2.05) is 11.0 Å². The monoisotopic (exact) mass is 332 g/mol. The minimum atomic E-state index is -4.09. The van der Waals surface area contributed by atoms with Crippen LogP contribution in [0.1, 0.15) is 18.4 Å². The lowest BCUT2D eigenvalue weighted by Crippen LogP contribution is -2.39. The van der Waals surface area contributed by atoms with E-state index in [1.54, 1.807) is 18.2 Å². The standard InChI is InChI=1S/C13H12BrF3N2/c14-11-7-9(8-18)1-2-12(11)19-5-3-10(4-6-19)13(15,16)17/h1-2,7,10H,3-6H2. The van der Waals surface area contributed by atoms with E-state index in [2.05, 4.69) is 15.9 Å². The Morgan fingerprint density at radius 1 is 1.26 bits per heavy atom. The van der Waals surface area contributed by atoms with Crippen molar-refractivity contribution in [1.29, 1.82) is 5.26 Å². The average molecular weight is 333 g/mol. The van der Waals surface area contributed by atoms with Crippen LogP contribution in [0.4, 0.5) is 18.9 Å². The van der Waals surface area contributed by atoms with E-state index in [4.69, 9.17) is 5.26 Å². The third-order valence-electron chi connectivity index (χ3n) is 3.38. The molecule has 0 amide bonds. The van der Waals surface area contributed by atoms with Crippen molar-refractivity contribution >= 4 is 21.6 Å². The van der Waals surface area contributed by atoms with E-state index < -0.39 is 12.1 Å². The molecule has 1 aliphatic heterocycles. The molecule has 0 bridgehead atoms. The molecule has 1 heterocycles. The lowest BCUT2D eigenvalue weighted by Gasteiger charge is -2.34. The quantitative estimate of drug-likeness (QED) is 0.774. The van der Waals surface area contributed by atoms with E-state index in [0.717, 1.165) is 10.2 Å². The fourth-order valence-electron chi connectivity index (χ4n) is 2.28. The summed E-state index contributed by atoms with van der Waals surface area (Å²) in [6.07, 6.45) is -3.85. The van der Waals surface area contributed by atoms with Crippen LogP contribution >= 0.6 is 15.9 Å². The summed E-state index contributed by atoms with van der Waals surface area (Å²) < 4.78 is 38.5. The van der Waals surface area contributed by atoms with Gasteiger partial charge in [-0.1, -0.05) is 0 Å². The highest BCUT2D eigenvalue weighted by molar-refractivity contribution is 9.10. The topological polar surface area (TPSA) is 27.0 Å². The van der Waals surface area contributed by atoms with Crippen molar-refractivity contribution in [1.82, 2.24) is 0 Å². The molecule has 1 aliphatic rings. The second kappa shape index (κ2) is 5.41. The number of benzene rings is 1. The summed E-state index contributed by atoms with van der Waals surface area (Å²) in [5.74, 6) is -1.19. The molecule has 6 heteroatoms. The second-order valence-electron chi connectivity index (χ2n) is 4.58. The fourth-order valence-corrected chi connectivity index (χ4v) is 2.91. The van der Waals surface area contributed by atoms with Crippen LogP contribution in [-0.4, -0.2) is 19.3 Å². The zero-order chi connectivity index (χ0) is 14.0. The summed E-state index contributed by atoms with van der Waals surface area (Å²) in [6, 6.07) is 7.16. The molecule has 0 N–H and O–H groups in total. The maximum Gasteiger partial charge on any atom is 0.391 e. The van der Waals surface area contributed by atoms with Crippen LogP contribution in [0.3, 0.4) is 0 Å². The van der Waals surface area contributed by atoms with Gasteiger partial charge in [0.1, 0.15) is 0 Å². The van der Waals surface area contributed by atoms with Gasteiger partial charge in [-0.15, -0.1) is 0 Å². The van der Waals surface area contributed by atoms with E-state index in [0.29, 0.717) is 18.7 Å². The molecular weight excluding hydrogens is 321 g/mol. The molecule has 1 saturated heterocycles. The first kappa shape index (κ1) is 14.2. The van der Waals surface area contributed by atoms with Crippen molar-refractivity contribution < 1.29 is 13.2 Å². The molecule has 2 nitrogen and oxygen atoms in total. The summed E-state index contributed by atoms with van der Waals surface area (Å²) in [7, 11) is 0. The van der Waals surface area contributed by atoms with Crippen molar-refractivity contribution in [3.05, 3.63) is 28.2 Å². The number of anilines is 1. The summed E-state index contributed by atoms with van der Waals surface area (Å²) in [5.41, 5.74) is 1.38. The summed E-state index contributed by atoms with van der Waals surface area (Å²) in [4.78, 5) is 1.92. The van der Waals surface area contributed by atoms with Gasteiger partial charge >= 0.3 is 6.18 Å². The van der Waals surface area contributed by atoms with E-state index >= 15 is 0 Å². The van der Waals surface area contributed by atoms with Gasteiger partial charge < -0.3 is 4.90 Å². The molecule has 0 saturated carbocycles. The van der Waals surface area contributed by atoms with E-state index in [-0.39, 0.29) is 12.8 Å². The van der Waals surface area contributed by atoms with Crippen LogP contribution in [0.2, 0.25) is 0 Å². The Morgan fingerprint density at radius 3 is 2.37 bits per heavy atom. The third kappa shape index (κ3) is 3.21. The summed E-state index contributed by atoms with van der Waals surface area (Å²) in [5, 5.41) is 8.78. The van der Waals surface area contributed by atoms with Crippen molar-refractivity contribution in [3.63, 3.8) is 0 Å². The van der Waals surface area contributed by atoms with Gasteiger partial charge in [0.15, 0.2) is 0 Å². The van der Waals surface area contributed by atoms with Crippen molar-refractivity contribution in [2.24, 2.45) is 5.92 Å². The van der Waals surface area contributed by atoms with Gasteiger partial charge in [0.25, 0.3) is 0 Å². The molecule has 0 atom stereocenters. The van der Waals surface area contributed by atoms with Gasteiger partial charge in [0.05, 0.1) is 23.2 Å². The number of hydrogen-bond donors (Lipinski definition) is 0. The van der Waals surface area contributed by atoms with Crippen molar-refractivity contribution in [3.8, 4) is 6.07 Å². The first-order chi connectivity index (χ1) is 8.91. The maximum absolute atomic E-state index is 12.6. The van der Waals surface area contributed by atoms with E-state index in [9.17, 15) is 13.2 Å². The highest BCUT2D eigenvalue weighted by atomic mass is 79.9. The number of alkyl halides is 3. The Morgan fingerprint density at radius 2 is 1.89 bits per heavy atom. The fraction of sp³-hybridized carbons (Fsp3) is 0.462. The first-order valence-corrected chi connectivity index (χ1v) is 6.72. The minimum Gasteiger partial charge on any atom is -0.371 e. The maximum atomic E-state index is 12.6. The zero-order valence-corrected chi connectivity index (χ0v) is 11.6. The number of piperidine rings is 1. The van der Waals surface area contributed by atoms with Crippen LogP contribution in [0.15, 0.2) is 22.7 Å². The first-order valence-electron chi connectivity index (χ1n) is 5.93. The van der Waals surface area contributed by atoms with Gasteiger partial charge in [-0.3, -0.25) is 0 Å². The number of hydrogen-bond acceptors (Lipinski definition) is 2. The average Bonchev–Trinajstić information content (AvgIpc) is 2.37. The van der Waals surface area contributed by atoms with Crippen LogP contribution < -0.4 is 4.90 Å². The summed E-state index contributed by atoms with van der Waals surface area (Å²) >= 11 is 3.36. The zero-order valence-electron chi connectivity index (χ0n) is 10.0. The SMILES string of the molecule is N#Cc1ccc(N2CCC(C(F)(F)F)CC2)c(Br)c1. The molecule has 2 rings (SSSR count). The molecule has 1 fully saturated rings. The van der Waals surface area contributed by atoms with Crippen molar-refractivity contribution in [2.75, 3.05) is 18.0 Å². The molecule has 1 aromatic carbocycles.